The van der Waals surface area contributed by atoms with Crippen molar-refractivity contribution in [2.24, 2.45) is 0 Å². The first-order valence-corrected chi connectivity index (χ1v) is 6.64. The van der Waals surface area contributed by atoms with E-state index in [9.17, 15) is 9.90 Å². The topological polar surface area (TPSA) is 63.1 Å². The maximum absolute atomic E-state index is 11.4. The van der Waals surface area contributed by atoms with E-state index in [0.29, 0.717) is 16.7 Å². The number of carbonyl (C=O) groups is 1. The highest BCUT2D eigenvalue weighted by atomic mass is 16.4. The minimum absolute atomic E-state index is 0.0376. The molecule has 0 atom stereocenters. The van der Waals surface area contributed by atoms with Crippen LogP contribution in [0, 0.1) is 13.8 Å². The van der Waals surface area contributed by atoms with Gasteiger partial charge >= 0.3 is 5.97 Å². The maximum atomic E-state index is 11.4. The van der Waals surface area contributed by atoms with Crippen LogP contribution in [-0.4, -0.2) is 21.0 Å². The molecule has 1 heterocycles. The van der Waals surface area contributed by atoms with Crippen LogP contribution >= 0.6 is 0 Å². The highest BCUT2D eigenvalue weighted by Gasteiger charge is 2.15. The third kappa shape index (κ3) is 2.36. The van der Waals surface area contributed by atoms with Gasteiger partial charge in [0.2, 0.25) is 0 Å². The summed E-state index contributed by atoms with van der Waals surface area (Å²) in [6, 6.07) is 13.1. The summed E-state index contributed by atoms with van der Waals surface area (Å²) in [5, 5.41) is 9.93. The quantitative estimate of drug-likeness (QED) is 0.777. The molecule has 1 aromatic heterocycles. The Balaban J connectivity index is 2.31. The number of aromatic carboxylic acids is 1. The first kappa shape index (κ1) is 13.2. The maximum Gasteiger partial charge on any atom is 0.355 e. The van der Waals surface area contributed by atoms with Crippen LogP contribution in [-0.2, 0) is 0 Å². The Hall–Kier alpha value is -2.75. The molecular weight excluding hydrogens is 264 g/mol. The Kier molecular flexibility index (Phi) is 3.14. The average molecular weight is 278 g/mol. The molecule has 1 N–H and O–H groups in total. The number of carboxylic acids is 1. The second kappa shape index (κ2) is 4.98. The van der Waals surface area contributed by atoms with Crippen molar-refractivity contribution in [2.75, 3.05) is 0 Å². The summed E-state index contributed by atoms with van der Waals surface area (Å²) in [7, 11) is 0. The SMILES string of the molecule is Cc1ccc(-c2nc(C(=O)O)c3ccccc3n2)c(C)c1. The molecule has 0 unspecified atom stereocenters. The van der Waals surface area contributed by atoms with Crippen LogP contribution in [0.25, 0.3) is 22.3 Å². The standard InChI is InChI=1S/C17H14N2O2/c1-10-7-8-12(11(2)9-10)16-18-14-6-4-3-5-13(14)15(19-16)17(20)21/h3-9H,1-2H3,(H,20,21). The van der Waals surface area contributed by atoms with Crippen LogP contribution in [0.3, 0.4) is 0 Å². The number of benzene rings is 2. The number of rotatable bonds is 2. The molecule has 21 heavy (non-hydrogen) atoms. The molecule has 4 nitrogen and oxygen atoms in total. The highest BCUT2D eigenvalue weighted by Crippen LogP contribution is 2.24. The first-order valence-electron chi connectivity index (χ1n) is 6.64. The molecule has 0 radical (unpaired) electrons. The molecule has 0 spiro atoms. The number of aryl methyl sites for hydroxylation is 2. The van der Waals surface area contributed by atoms with E-state index in [1.807, 2.05) is 38.1 Å². The third-order valence-electron chi connectivity index (χ3n) is 3.43. The van der Waals surface area contributed by atoms with Gasteiger partial charge in [0.05, 0.1) is 5.52 Å². The fourth-order valence-corrected chi connectivity index (χ4v) is 2.42. The largest absolute Gasteiger partial charge is 0.476 e. The van der Waals surface area contributed by atoms with E-state index in [1.54, 1.807) is 18.2 Å². The molecule has 0 saturated heterocycles. The molecule has 0 amide bonds. The third-order valence-corrected chi connectivity index (χ3v) is 3.43. The summed E-state index contributed by atoms with van der Waals surface area (Å²) in [4.78, 5) is 20.2. The minimum Gasteiger partial charge on any atom is -0.476 e. The van der Waals surface area contributed by atoms with Crippen LogP contribution in [0.4, 0.5) is 0 Å². The number of hydrogen-bond donors (Lipinski definition) is 1. The molecule has 4 heteroatoms. The van der Waals surface area contributed by atoms with Crippen molar-refractivity contribution >= 4 is 16.9 Å². The summed E-state index contributed by atoms with van der Waals surface area (Å²) in [5.74, 6) is -0.594. The number of carboxylic acid groups (broad SMARTS) is 1. The molecule has 0 aliphatic carbocycles. The number of aromatic nitrogens is 2. The monoisotopic (exact) mass is 278 g/mol. The molecule has 3 aromatic rings. The van der Waals surface area contributed by atoms with Crippen molar-refractivity contribution in [2.45, 2.75) is 13.8 Å². The van der Waals surface area contributed by atoms with Crippen molar-refractivity contribution in [1.29, 1.82) is 0 Å². The van der Waals surface area contributed by atoms with Crippen LogP contribution in [0.5, 0.6) is 0 Å². The van der Waals surface area contributed by atoms with Gasteiger partial charge in [0, 0.05) is 10.9 Å². The lowest BCUT2D eigenvalue weighted by atomic mass is 10.0. The second-order valence-electron chi connectivity index (χ2n) is 5.04. The van der Waals surface area contributed by atoms with Gasteiger partial charge in [-0.05, 0) is 25.5 Å². The van der Waals surface area contributed by atoms with Gasteiger partial charge in [0.1, 0.15) is 0 Å². The van der Waals surface area contributed by atoms with Gasteiger partial charge in [0.25, 0.3) is 0 Å². The Labute approximate surface area is 122 Å². The number of fused-ring (bicyclic) bond motifs is 1. The number of nitrogens with zero attached hydrogens (tertiary/aromatic N) is 2. The summed E-state index contributed by atoms with van der Waals surface area (Å²) >= 11 is 0. The van der Waals surface area contributed by atoms with Gasteiger partial charge in [-0.15, -0.1) is 0 Å². The van der Waals surface area contributed by atoms with Gasteiger partial charge in [0.15, 0.2) is 11.5 Å². The van der Waals surface area contributed by atoms with Gasteiger partial charge in [-0.2, -0.15) is 0 Å². The zero-order valence-electron chi connectivity index (χ0n) is 11.8. The van der Waals surface area contributed by atoms with Crippen LogP contribution in [0.1, 0.15) is 21.6 Å². The van der Waals surface area contributed by atoms with Crippen molar-refractivity contribution in [3.63, 3.8) is 0 Å². The van der Waals surface area contributed by atoms with Crippen molar-refractivity contribution in [3.05, 3.63) is 59.3 Å². The van der Waals surface area contributed by atoms with Crippen LogP contribution in [0.2, 0.25) is 0 Å². The predicted molar refractivity (Wildman–Crippen MR) is 81.4 cm³/mol. The van der Waals surface area contributed by atoms with E-state index in [2.05, 4.69) is 9.97 Å². The lowest BCUT2D eigenvalue weighted by molar-refractivity contribution is 0.0693. The molecule has 3 rings (SSSR count). The van der Waals surface area contributed by atoms with Crippen LogP contribution < -0.4 is 0 Å². The summed E-state index contributed by atoms with van der Waals surface area (Å²) in [5.41, 5.74) is 3.71. The first-order chi connectivity index (χ1) is 10.1. The Bertz CT molecular complexity index is 857. The summed E-state index contributed by atoms with van der Waals surface area (Å²) < 4.78 is 0. The fourth-order valence-electron chi connectivity index (χ4n) is 2.42. The average Bonchev–Trinajstić information content (AvgIpc) is 2.46. The predicted octanol–water partition coefficient (Wildman–Crippen LogP) is 3.61. The second-order valence-corrected chi connectivity index (χ2v) is 5.04. The molecule has 0 aliphatic rings. The van der Waals surface area contributed by atoms with Gasteiger partial charge in [-0.25, -0.2) is 14.8 Å². The van der Waals surface area contributed by atoms with E-state index in [4.69, 9.17) is 0 Å². The highest BCUT2D eigenvalue weighted by molar-refractivity contribution is 6.01. The van der Waals surface area contributed by atoms with E-state index in [-0.39, 0.29) is 5.69 Å². The smallest absolute Gasteiger partial charge is 0.355 e. The lowest BCUT2D eigenvalue weighted by Crippen LogP contribution is -2.05. The summed E-state index contributed by atoms with van der Waals surface area (Å²) in [6.45, 7) is 3.99. The van der Waals surface area contributed by atoms with Crippen molar-refractivity contribution < 1.29 is 9.90 Å². The normalized spacial score (nSPS) is 10.8. The van der Waals surface area contributed by atoms with Crippen LogP contribution in [0.15, 0.2) is 42.5 Å². The molecule has 0 fully saturated rings. The summed E-state index contributed by atoms with van der Waals surface area (Å²) in [6.07, 6.45) is 0. The van der Waals surface area contributed by atoms with Gasteiger partial charge < -0.3 is 5.11 Å². The van der Waals surface area contributed by atoms with E-state index in [1.165, 1.54) is 0 Å². The molecular formula is C17H14N2O2. The molecule has 0 aliphatic heterocycles. The molecule has 104 valence electrons. The number of hydrogen-bond acceptors (Lipinski definition) is 3. The Morgan fingerprint density at radius 1 is 1.05 bits per heavy atom. The molecule has 0 bridgehead atoms. The lowest BCUT2D eigenvalue weighted by Gasteiger charge is -2.08. The number of para-hydroxylation sites is 1. The Morgan fingerprint density at radius 2 is 1.81 bits per heavy atom. The van der Waals surface area contributed by atoms with Crippen molar-refractivity contribution in [1.82, 2.24) is 9.97 Å². The Morgan fingerprint density at radius 3 is 2.52 bits per heavy atom. The zero-order chi connectivity index (χ0) is 15.0. The van der Waals surface area contributed by atoms with E-state index < -0.39 is 5.97 Å². The van der Waals surface area contributed by atoms with E-state index >= 15 is 0 Å². The zero-order valence-corrected chi connectivity index (χ0v) is 11.8. The van der Waals surface area contributed by atoms with Crippen molar-refractivity contribution in [3.8, 4) is 11.4 Å². The minimum atomic E-state index is -1.04. The fraction of sp³-hybridized carbons (Fsp3) is 0.118. The molecule has 2 aromatic carbocycles. The van der Waals surface area contributed by atoms with E-state index in [0.717, 1.165) is 16.7 Å². The molecule has 0 saturated carbocycles. The van der Waals surface area contributed by atoms with Gasteiger partial charge in [-0.1, -0.05) is 42.0 Å². The van der Waals surface area contributed by atoms with Gasteiger partial charge in [-0.3, -0.25) is 0 Å².